The first-order chi connectivity index (χ1) is 17.4. The summed E-state index contributed by atoms with van der Waals surface area (Å²) in [7, 11) is 1.28. The van der Waals surface area contributed by atoms with Gasteiger partial charge in [0.15, 0.2) is 16.9 Å². The molecule has 3 heterocycles. The molecule has 0 aliphatic carbocycles. The Balaban J connectivity index is 1.50. The number of rotatable bonds is 4. The van der Waals surface area contributed by atoms with Crippen LogP contribution in [0.4, 0.5) is 4.39 Å². The highest BCUT2D eigenvalue weighted by Crippen LogP contribution is 2.40. The standard InChI is InChI=1S/C27H18FNO7/c1-33-27(32)16-5-3-15(4-6-16)23-22-24(30)18-11-17(28)7-9-19(18)36-25(22)26(31)29(23)12-14-2-8-20-21(10-14)35-13-34-20/h2-11,23H,12-13H2,1H3. The van der Waals surface area contributed by atoms with Crippen molar-refractivity contribution >= 4 is 22.8 Å². The van der Waals surface area contributed by atoms with Crippen molar-refractivity contribution < 1.29 is 32.6 Å². The van der Waals surface area contributed by atoms with Crippen molar-refractivity contribution in [2.45, 2.75) is 12.6 Å². The van der Waals surface area contributed by atoms with Crippen LogP contribution < -0.4 is 14.9 Å². The molecule has 0 N–H and O–H groups in total. The van der Waals surface area contributed by atoms with E-state index < -0.39 is 29.2 Å². The quantitative estimate of drug-likeness (QED) is 0.398. The second-order valence-corrected chi connectivity index (χ2v) is 8.45. The van der Waals surface area contributed by atoms with Crippen LogP contribution in [-0.2, 0) is 11.3 Å². The molecule has 1 aromatic heterocycles. The highest BCUT2D eigenvalue weighted by atomic mass is 19.1. The second kappa shape index (κ2) is 8.23. The van der Waals surface area contributed by atoms with E-state index in [9.17, 15) is 18.8 Å². The van der Waals surface area contributed by atoms with E-state index in [0.29, 0.717) is 22.6 Å². The molecule has 3 aromatic carbocycles. The number of esters is 1. The summed E-state index contributed by atoms with van der Waals surface area (Å²) in [6.45, 7) is 0.247. The van der Waals surface area contributed by atoms with Gasteiger partial charge in [0, 0.05) is 6.54 Å². The zero-order chi connectivity index (χ0) is 25.0. The Bertz CT molecular complexity index is 1610. The summed E-state index contributed by atoms with van der Waals surface area (Å²) < 4.78 is 35.4. The summed E-state index contributed by atoms with van der Waals surface area (Å²) >= 11 is 0. The Labute approximate surface area is 203 Å². The molecular formula is C27H18FNO7. The molecule has 0 bridgehead atoms. The van der Waals surface area contributed by atoms with Crippen molar-refractivity contribution in [3.8, 4) is 11.5 Å². The van der Waals surface area contributed by atoms with Crippen LogP contribution in [0, 0.1) is 5.82 Å². The van der Waals surface area contributed by atoms with Crippen molar-refractivity contribution in [1.29, 1.82) is 0 Å². The Hall–Kier alpha value is -4.66. The van der Waals surface area contributed by atoms with Crippen molar-refractivity contribution in [1.82, 2.24) is 4.90 Å². The molecule has 2 aliphatic heterocycles. The molecule has 36 heavy (non-hydrogen) atoms. The van der Waals surface area contributed by atoms with Crippen LogP contribution in [0.2, 0.25) is 0 Å². The Morgan fingerprint density at radius 2 is 1.81 bits per heavy atom. The van der Waals surface area contributed by atoms with Crippen LogP contribution in [0.5, 0.6) is 11.5 Å². The van der Waals surface area contributed by atoms with Gasteiger partial charge in [-0.25, -0.2) is 9.18 Å². The van der Waals surface area contributed by atoms with E-state index in [2.05, 4.69) is 0 Å². The van der Waals surface area contributed by atoms with Crippen LogP contribution in [0.3, 0.4) is 0 Å². The first-order valence-corrected chi connectivity index (χ1v) is 11.1. The Morgan fingerprint density at radius 3 is 2.58 bits per heavy atom. The van der Waals surface area contributed by atoms with Crippen LogP contribution in [0.25, 0.3) is 11.0 Å². The summed E-state index contributed by atoms with van der Waals surface area (Å²) in [6, 6.07) is 14.5. The molecule has 4 aromatic rings. The van der Waals surface area contributed by atoms with Crippen LogP contribution in [0.1, 0.15) is 43.6 Å². The third-order valence-corrected chi connectivity index (χ3v) is 6.37. The average Bonchev–Trinajstić information content (AvgIpc) is 3.47. The lowest BCUT2D eigenvalue weighted by atomic mass is 9.97. The lowest BCUT2D eigenvalue weighted by Crippen LogP contribution is -2.29. The lowest BCUT2D eigenvalue weighted by Gasteiger charge is -2.25. The Morgan fingerprint density at radius 1 is 1.03 bits per heavy atom. The summed E-state index contributed by atoms with van der Waals surface area (Å²) in [5.41, 5.74) is 1.40. The van der Waals surface area contributed by atoms with E-state index in [1.165, 1.54) is 24.1 Å². The summed E-state index contributed by atoms with van der Waals surface area (Å²) in [5.74, 6) is -0.506. The van der Waals surface area contributed by atoms with Crippen LogP contribution in [0.15, 0.2) is 69.9 Å². The molecule has 0 saturated carbocycles. The molecular weight excluding hydrogens is 469 g/mol. The van der Waals surface area contributed by atoms with Crippen molar-refractivity contribution in [2.24, 2.45) is 0 Å². The second-order valence-electron chi connectivity index (χ2n) is 8.45. The van der Waals surface area contributed by atoms with Gasteiger partial charge in [0.1, 0.15) is 11.4 Å². The van der Waals surface area contributed by atoms with E-state index in [4.69, 9.17) is 18.6 Å². The SMILES string of the molecule is COC(=O)c1ccc(C2c3c(oc4ccc(F)cc4c3=O)C(=O)N2Cc2ccc3c(c2)OCO3)cc1. The molecule has 1 atom stereocenters. The number of hydrogen-bond donors (Lipinski definition) is 0. The normalized spacial score (nSPS) is 15.9. The summed E-state index contributed by atoms with van der Waals surface area (Å²) in [6.07, 6.45) is 0. The maximum atomic E-state index is 14.0. The molecule has 180 valence electrons. The van der Waals surface area contributed by atoms with Gasteiger partial charge >= 0.3 is 5.97 Å². The van der Waals surface area contributed by atoms with Crippen molar-refractivity contribution in [3.63, 3.8) is 0 Å². The number of fused-ring (bicyclic) bond motifs is 3. The van der Waals surface area contributed by atoms with Crippen LogP contribution >= 0.6 is 0 Å². The average molecular weight is 487 g/mol. The molecule has 9 heteroatoms. The highest BCUT2D eigenvalue weighted by Gasteiger charge is 2.43. The molecule has 0 saturated heterocycles. The number of carbonyl (C=O) groups is 2. The van der Waals surface area contributed by atoms with Gasteiger partial charge in [-0.15, -0.1) is 0 Å². The molecule has 1 amide bonds. The van der Waals surface area contributed by atoms with Gasteiger partial charge in [-0.05, 0) is 53.6 Å². The number of hydrogen-bond acceptors (Lipinski definition) is 7. The number of ether oxygens (including phenoxy) is 3. The molecule has 0 spiro atoms. The number of amides is 1. The predicted octanol–water partition coefficient (Wildman–Crippen LogP) is 4.19. The number of nitrogens with zero attached hydrogens (tertiary/aromatic N) is 1. The molecule has 2 aliphatic rings. The van der Waals surface area contributed by atoms with Crippen LogP contribution in [-0.4, -0.2) is 30.7 Å². The fourth-order valence-electron chi connectivity index (χ4n) is 4.66. The van der Waals surface area contributed by atoms with Gasteiger partial charge in [0.2, 0.25) is 12.6 Å². The number of methoxy groups -OCH3 is 1. The fraction of sp³-hybridized carbons (Fsp3) is 0.148. The fourth-order valence-corrected chi connectivity index (χ4v) is 4.66. The van der Waals surface area contributed by atoms with Crippen molar-refractivity contribution in [2.75, 3.05) is 13.9 Å². The molecule has 1 unspecified atom stereocenters. The third kappa shape index (κ3) is 3.39. The van der Waals surface area contributed by atoms with E-state index in [-0.39, 0.29) is 35.6 Å². The van der Waals surface area contributed by atoms with Crippen molar-refractivity contribution in [3.05, 3.63) is 105 Å². The lowest BCUT2D eigenvalue weighted by molar-refractivity contribution is 0.0599. The third-order valence-electron chi connectivity index (χ3n) is 6.37. The smallest absolute Gasteiger partial charge is 0.337 e. The first-order valence-electron chi connectivity index (χ1n) is 11.1. The monoisotopic (exact) mass is 487 g/mol. The van der Waals surface area contributed by atoms with Gasteiger partial charge in [0.05, 0.1) is 29.7 Å². The maximum Gasteiger partial charge on any atom is 0.337 e. The summed E-state index contributed by atoms with van der Waals surface area (Å²) in [5, 5.41) is 0.0441. The zero-order valence-corrected chi connectivity index (χ0v) is 18.9. The van der Waals surface area contributed by atoms with E-state index >= 15 is 0 Å². The summed E-state index contributed by atoms with van der Waals surface area (Å²) in [4.78, 5) is 40.6. The van der Waals surface area contributed by atoms with Gasteiger partial charge in [-0.2, -0.15) is 0 Å². The minimum absolute atomic E-state index is 0.0441. The predicted molar refractivity (Wildman–Crippen MR) is 125 cm³/mol. The van der Waals surface area contributed by atoms with E-state index in [1.807, 2.05) is 6.07 Å². The van der Waals surface area contributed by atoms with E-state index in [1.54, 1.807) is 36.4 Å². The minimum Gasteiger partial charge on any atom is -0.465 e. The zero-order valence-electron chi connectivity index (χ0n) is 18.9. The topological polar surface area (TPSA) is 95.3 Å². The Kier molecular flexibility index (Phi) is 4.99. The molecule has 0 fully saturated rings. The number of benzene rings is 3. The van der Waals surface area contributed by atoms with Gasteiger partial charge < -0.3 is 23.5 Å². The number of halogens is 1. The first kappa shape index (κ1) is 21.8. The van der Waals surface area contributed by atoms with E-state index in [0.717, 1.165) is 11.6 Å². The molecule has 0 radical (unpaired) electrons. The van der Waals surface area contributed by atoms with Gasteiger partial charge in [-0.3, -0.25) is 9.59 Å². The number of carbonyl (C=O) groups excluding carboxylic acids is 2. The molecule has 8 nitrogen and oxygen atoms in total. The minimum atomic E-state index is -0.825. The molecule has 6 rings (SSSR count). The largest absolute Gasteiger partial charge is 0.465 e. The van der Waals surface area contributed by atoms with Gasteiger partial charge in [-0.1, -0.05) is 18.2 Å². The van der Waals surface area contributed by atoms with Gasteiger partial charge in [0.25, 0.3) is 5.91 Å². The highest BCUT2D eigenvalue weighted by molar-refractivity contribution is 5.99. The maximum absolute atomic E-state index is 14.0.